The molecule has 2 atom stereocenters. The Morgan fingerprint density at radius 1 is 1.31 bits per heavy atom. The lowest BCUT2D eigenvalue weighted by Gasteiger charge is -2.30. The third-order valence-electron chi connectivity index (χ3n) is 2.93. The minimum absolute atomic E-state index is 0.614. The highest BCUT2D eigenvalue weighted by atomic mass is 14.9. The summed E-state index contributed by atoms with van der Waals surface area (Å²) in [4.78, 5) is 0. The Morgan fingerprint density at radius 3 is 2.85 bits per heavy atom. The summed E-state index contributed by atoms with van der Waals surface area (Å²) in [5.41, 5.74) is 4.22. The molecule has 0 unspecified atom stereocenters. The average molecular weight is 175 g/mol. The van der Waals surface area contributed by atoms with Crippen LogP contribution < -0.4 is 5.32 Å². The normalized spacial score (nSPS) is 26.4. The van der Waals surface area contributed by atoms with Gasteiger partial charge in [0, 0.05) is 11.7 Å². The molecule has 0 fully saturated rings. The first-order valence-corrected chi connectivity index (χ1v) is 5.04. The molecule has 0 spiro atoms. The van der Waals surface area contributed by atoms with E-state index in [1.165, 1.54) is 23.2 Å². The Labute approximate surface area is 80.2 Å². The Kier molecular flexibility index (Phi) is 2.03. The maximum Gasteiger partial charge on any atom is 0.0407 e. The lowest BCUT2D eigenvalue weighted by Crippen LogP contribution is -2.24. The van der Waals surface area contributed by atoms with Gasteiger partial charge in [0.2, 0.25) is 0 Å². The third-order valence-corrected chi connectivity index (χ3v) is 2.93. The number of aryl methyl sites for hydroxylation is 1. The largest absolute Gasteiger partial charge is 0.382 e. The fraction of sp³-hybridized carbons (Fsp3) is 0.500. The van der Waals surface area contributed by atoms with Gasteiger partial charge in [0.15, 0.2) is 0 Å². The molecule has 70 valence electrons. The second kappa shape index (κ2) is 3.06. The summed E-state index contributed by atoms with van der Waals surface area (Å²) in [6.45, 7) is 6.75. The molecule has 1 aliphatic heterocycles. The van der Waals surface area contributed by atoms with E-state index >= 15 is 0 Å². The molecule has 1 aromatic carbocycles. The second-order valence-corrected chi connectivity index (χ2v) is 4.22. The van der Waals surface area contributed by atoms with Crippen molar-refractivity contribution in [2.45, 2.75) is 39.2 Å². The first-order chi connectivity index (χ1) is 6.18. The highest BCUT2D eigenvalue weighted by Gasteiger charge is 2.21. The van der Waals surface area contributed by atoms with Gasteiger partial charge in [-0.25, -0.2) is 0 Å². The molecule has 2 rings (SSSR count). The molecule has 1 N–H and O–H groups in total. The van der Waals surface area contributed by atoms with E-state index in [4.69, 9.17) is 0 Å². The predicted molar refractivity (Wildman–Crippen MR) is 57.3 cm³/mol. The van der Waals surface area contributed by atoms with Crippen LogP contribution in [0.3, 0.4) is 0 Å². The molecule has 0 amide bonds. The molecule has 0 bridgehead atoms. The molecule has 0 aliphatic carbocycles. The molecule has 0 aromatic heterocycles. The van der Waals surface area contributed by atoms with Gasteiger partial charge in [0.25, 0.3) is 0 Å². The Balaban J connectivity index is 2.49. The maximum absolute atomic E-state index is 3.56. The second-order valence-electron chi connectivity index (χ2n) is 4.22. The topological polar surface area (TPSA) is 12.0 Å². The molecule has 1 aromatic rings. The summed E-state index contributed by atoms with van der Waals surface area (Å²) in [6.07, 6.45) is 1.25. The summed E-state index contributed by atoms with van der Waals surface area (Å²) in [7, 11) is 0. The zero-order chi connectivity index (χ0) is 9.42. The lowest BCUT2D eigenvalue weighted by atomic mass is 9.87. The highest BCUT2D eigenvalue weighted by molar-refractivity contribution is 5.60. The molecular formula is C12H17N. The maximum atomic E-state index is 3.56. The molecule has 1 aliphatic rings. The Morgan fingerprint density at radius 2 is 2.08 bits per heavy atom. The Bertz CT molecular complexity index is 317. The van der Waals surface area contributed by atoms with Crippen LogP contribution in [0.15, 0.2) is 18.2 Å². The minimum Gasteiger partial charge on any atom is -0.382 e. The summed E-state index contributed by atoms with van der Waals surface area (Å²) in [5.74, 6) is 0.700. The summed E-state index contributed by atoms with van der Waals surface area (Å²) in [5, 5.41) is 3.56. The number of benzene rings is 1. The van der Waals surface area contributed by atoms with Crippen molar-refractivity contribution in [3.05, 3.63) is 29.3 Å². The fourth-order valence-electron chi connectivity index (χ4n) is 2.26. The predicted octanol–water partition coefficient (Wildman–Crippen LogP) is 3.30. The van der Waals surface area contributed by atoms with Crippen LogP contribution in [0.5, 0.6) is 0 Å². The van der Waals surface area contributed by atoms with Crippen LogP contribution in [0.4, 0.5) is 5.69 Å². The smallest absolute Gasteiger partial charge is 0.0407 e. The fourth-order valence-corrected chi connectivity index (χ4v) is 2.26. The van der Waals surface area contributed by atoms with Gasteiger partial charge < -0.3 is 5.32 Å². The molecule has 0 saturated heterocycles. The first-order valence-electron chi connectivity index (χ1n) is 5.04. The summed E-state index contributed by atoms with van der Waals surface area (Å²) < 4.78 is 0. The summed E-state index contributed by atoms with van der Waals surface area (Å²) >= 11 is 0. The first kappa shape index (κ1) is 8.61. The van der Waals surface area contributed by atoms with E-state index in [-0.39, 0.29) is 0 Å². The number of fused-ring (bicyclic) bond motifs is 1. The van der Waals surface area contributed by atoms with Crippen LogP contribution in [0.25, 0.3) is 0 Å². The van der Waals surface area contributed by atoms with Gasteiger partial charge in [0.1, 0.15) is 0 Å². The molecule has 1 heterocycles. The van der Waals surface area contributed by atoms with Crippen molar-refractivity contribution in [3.8, 4) is 0 Å². The lowest BCUT2D eigenvalue weighted by molar-refractivity contribution is 0.589. The van der Waals surface area contributed by atoms with Crippen molar-refractivity contribution >= 4 is 5.69 Å². The van der Waals surface area contributed by atoms with Crippen LogP contribution in [0.1, 0.15) is 37.3 Å². The van der Waals surface area contributed by atoms with Crippen LogP contribution in [0.2, 0.25) is 0 Å². The highest BCUT2D eigenvalue weighted by Crippen LogP contribution is 2.35. The van der Waals surface area contributed by atoms with Gasteiger partial charge in [-0.05, 0) is 37.3 Å². The zero-order valence-electron chi connectivity index (χ0n) is 8.59. The van der Waals surface area contributed by atoms with E-state index in [1.54, 1.807) is 0 Å². The average Bonchev–Trinajstić information content (AvgIpc) is 2.07. The van der Waals surface area contributed by atoms with Crippen LogP contribution in [0, 0.1) is 6.92 Å². The SMILES string of the molecule is Cc1cccc2c1N[C@H](C)C[C@@H]2C. The van der Waals surface area contributed by atoms with E-state index < -0.39 is 0 Å². The van der Waals surface area contributed by atoms with Crippen LogP contribution >= 0.6 is 0 Å². The van der Waals surface area contributed by atoms with E-state index in [1.807, 2.05) is 0 Å². The molecule has 1 nitrogen and oxygen atoms in total. The number of para-hydroxylation sites is 1. The monoisotopic (exact) mass is 175 g/mol. The van der Waals surface area contributed by atoms with Gasteiger partial charge in [-0.15, -0.1) is 0 Å². The van der Waals surface area contributed by atoms with Crippen molar-refractivity contribution in [1.29, 1.82) is 0 Å². The van der Waals surface area contributed by atoms with Crippen LogP contribution in [-0.2, 0) is 0 Å². The van der Waals surface area contributed by atoms with E-state index in [9.17, 15) is 0 Å². The summed E-state index contributed by atoms with van der Waals surface area (Å²) in [6, 6.07) is 7.19. The number of hydrogen-bond donors (Lipinski definition) is 1. The zero-order valence-corrected chi connectivity index (χ0v) is 8.59. The van der Waals surface area contributed by atoms with Crippen LogP contribution in [-0.4, -0.2) is 6.04 Å². The van der Waals surface area contributed by atoms with Gasteiger partial charge in [0.05, 0.1) is 0 Å². The molecule has 1 heteroatoms. The van der Waals surface area contributed by atoms with E-state index in [0.717, 1.165) is 0 Å². The quantitative estimate of drug-likeness (QED) is 0.638. The molecular weight excluding hydrogens is 158 g/mol. The van der Waals surface area contributed by atoms with Crippen molar-refractivity contribution in [3.63, 3.8) is 0 Å². The number of hydrogen-bond acceptors (Lipinski definition) is 1. The number of rotatable bonds is 0. The van der Waals surface area contributed by atoms with Gasteiger partial charge in [-0.3, -0.25) is 0 Å². The number of nitrogens with one attached hydrogen (secondary N) is 1. The van der Waals surface area contributed by atoms with Crippen molar-refractivity contribution < 1.29 is 0 Å². The van der Waals surface area contributed by atoms with E-state index in [2.05, 4.69) is 44.3 Å². The number of anilines is 1. The Hall–Kier alpha value is -0.980. The van der Waals surface area contributed by atoms with Crippen molar-refractivity contribution in [2.24, 2.45) is 0 Å². The molecule has 0 radical (unpaired) electrons. The molecule has 13 heavy (non-hydrogen) atoms. The standard InChI is InChI=1S/C12H17N/c1-8-5-4-6-11-9(2)7-10(3)13-12(8)11/h4-6,9-10,13H,7H2,1-3H3/t9-,10+/m0/s1. The molecule has 0 saturated carbocycles. The minimum atomic E-state index is 0.614. The van der Waals surface area contributed by atoms with Gasteiger partial charge in [-0.2, -0.15) is 0 Å². The van der Waals surface area contributed by atoms with Crippen molar-refractivity contribution in [2.75, 3.05) is 5.32 Å². The van der Waals surface area contributed by atoms with Gasteiger partial charge >= 0.3 is 0 Å². The van der Waals surface area contributed by atoms with E-state index in [0.29, 0.717) is 12.0 Å². The van der Waals surface area contributed by atoms with Crippen molar-refractivity contribution in [1.82, 2.24) is 0 Å². The third kappa shape index (κ3) is 1.43. The van der Waals surface area contributed by atoms with Gasteiger partial charge in [-0.1, -0.05) is 25.1 Å².